The van der Waals surface area contributed by atoms with Crippen LogP contribution in [0.2, 0.25) is 0 Å². The SMILES string of the molecule is O/N=C1\CC/C(=N\O)C1. The summed E-state index contributed by atoms with van der Waals surface area (Å²) in [5, 5.41) is 22.5. The minimum atomic E-state index is 0.521. The lowest BCUT2D eigenvalue weighted by Gasteiger charge is -1.84. The number of rotatable bonds is 0. The van der Waals surface area contributed by atoms with Gasteiger partial charge in [0, 0.05) is 6.42 Å². The van der Waals surface area contributed by atoms with Crippen molar-refractivity contribution in [2.45, 2.75) is 19.3 Å². The van der Waals surface area contributed by atoms with E-state index in [-0.39, 0.29) is 0 Å². The molecule has 0 aromatic rings. The standard InChI is InChI=1S/C5H8N2O2/c8-6-4-1-2-5(3-4)7-9/h8-9H,1-3H2/b6-4+,7-5+. The molecule has 2 N–H and O–H groups in total. The van der Waals surface area contributed by atoms with Crippen molar-refractivity contribution in [3.63, 3.8) is 0 Å². The minimum absolute atomic E-state index is 0.521. The van der Waals surface area contributed by atoms with Crippen molar-refractivity contribution in [1.29, 1.82) is 0 Å². The maximum atomic E-state index is 8.23. The molecule has 0 aliphatic heterocycles. The molecular formula is C5H8N2O2. The predicted octanol–water partition coefficient (Wildman–Crippen LogP) is 0.831. The van der Waals surface area contributed by atoms with Crippen LogP contribution in [0.15, 0.2) is 10.3 Å². The zero-order valence-electron chi connectivity index (χ0n) is 4.91. The summed E-state index contributed by atoms with van der Waals surface area (Å²) in [4.78, 5) is 0. The fourth-order valence-corrected chi connectivity index (χ4v) is 0.872. The Kier molecular flexibility index (Phi) is 1.67. The molecule has 0 spiro atoms. The number of hydrogen-bond donors (Lipinski definition) is 2. The molecule has 0 radical (unpaired) electrons. The van der Waals surface area contributed by atoms with E-state index in [1.54, 1.807) is 0 Å². The van der Waals surface area contributed by atoms with Crippen LogP contribution in [0.3, 0.4) is 0 Å². The molecule has 0 heterocycles. The topological polar surface area (TPSA) is 65.2 Å². The summed E-state index contributed by atoms with van der Waals surface area (Å²) in [7, 11) is 0. The fraction of sp³-hybridized carbons (Fsp3) is 0.600. The van der Waals surface area contributed by atoms with Gasteiger partial charge in [-0.15, -0.1) is 0 Å². The fourth-order valence-electron chi connectivity index (χ4n) is 0.872. The first kappa shape index (κ1) is 6.07. The van der Waals surface area contributed by atoms with Crippen LogP contribution >= 0.6 is 0 Å². The average Bonchev–Trinajstić information content (AvgIpc) is 2.34. The summed E-state index contributed by atoms with van der Waals surface area (Å²) in [5.41, 5.74) is 1.39. The zero-order chi connectivity index (χ0) is 6.69. The molecule has 1 saturated carbocycles. The second kappa shape index (κ2) is 2.48. The summed E-state index contributed by atoms with van der Waals surface area (Å²) in [5.74, 6) is 0. The third kappa shape index (κ3) is 1.19. The van der Waals surface area contributed by atoms with Crippen LogP contribution in [0.4, 0.5) is 0 Å². The molecule has 0 aromatic carbocycles. The van der Waals surface area contributed by atoms with Crippen LogP contribution in [0.5, 0.6) is 0 Å². The molecule has 0 saturated heterocycles. The van der Waals surface area contributed by atoms with Gasteiger partial charge in [-0.25, -0.2) is 0 Å². The van der Waals surface area contributed by atoms with Gasteiger partial charge in [0.1, 0.15) is 0 Å². The highest BCUT2D eigenvalue weighted by Gasteiger charge is 2.15. The lowest BCUT2D eigenvalue weighted by Crippen LogP contribution is -1.91. The summed E-state index contributed by atoms with van der Waals surface area (Å²) in [6.07, 6.45) is 1.96. The lowest BCUT2D eigenvalue weighted by atomic mass is 10.3. The molecule has 0 atom stereocenters. The Hall–Kier alpha value is -1.06. The van der Waals surface area contributed by atoms with Crippen LogP contribution in [0.1, 0.15) is 19.3 Å². The Morgan fingerprint density at radius 1 is 1.00 bits per heavy atom. The molecule has 0 bridgehead atoms. The molecule has 1 aliphatic carbocycles. The Morgan fingerprint density at radius 3 is 1.67 bits per heavy atom. The van der Waals surface area contributed by atoms with Crippen LogP contribution in [-0.2, 0) is 0 Å². The van der Waals surface area contributed by atoms with Gasteiger partial charge in [0.15, 0.2) is 0 Å². The van der Waals surface area contributed by atoms with Gasteiger partial charge < -0.3 is 10.4 Å². The quantitative estimate of drug-likeness (QED) is 0.375. The monoisotopic (exact) mass is 128 g/mol. The van der Waals surface area contributed by atoms with Crippen molar-refractivity contribution in [3.8, 4) is 0 Å². The van der Waals surface area contributed by atoms with Crippen molar-refractivity contribution in [2.75, 3.05) is 0 Å². The van der Waals surface area contributed by atoms with Crippen LogP contribution in [-0.4, -0.2) is 21.8 Å². The summed E-state index contributed by atoms with van der Waals surface area (Å²) in [6, 6.07) is 0. The van der Waals surface area contributed by atoms with Crippen molar-refractivity contribution < 1.29 is 10.4 Å². The Bertz CT molecular complexity index is 144. The molecule has 9 heavy (non-hydrogen) atoms. The summed E-state index contributed by atoms with van der Waals surface area (Å²) in [6.45, 7) is 0. The van der Waals surface area contributed by atoms with Gasteiger partial charge in [-0.3, -0.25) is 0 Å². The summed E-state index contributed by atoms with van der Waals surface area (Å²) >= 11 is 0. The molecule has 0 unspecified atom stereocenters. The Labute approximate surface area is 52.5 Å². The molecule has 1 fully saturated rings. The van der Waals surface area contributed by atoms with Gasteiger partial charge in [0.25, 0.3) is 0 Å². The van der Waals surface area contributed by atoms with E-state index in [0.29, 0.717) is 17.8 Å². The molecule has 0 aromatic heterocycles. The molecule has 1 rings (SSSR count). The van der Waals surface area contributed by atoms with E-state index in [9.17, 15) is 0 Å². The van der Waals surface area contributed by atoms with Gasteiger partial charge >= 0.3 is 0 Å². The molecule has 50 valence electrons. The number of nitrogens with zero attached hydrogens (tertiary/aromatic N) is 2. The first-order valence-corrected chi connectivity index (χ1v) is 2.76. The predicted molar refractivity (Wildman–Crippen MR) is 32.3 cm³/mol. The van der Waals surface area contributed by atoms with Gasteiger partial charge in [-0.2, -0.15) is 0 Å². The third-order valence-electron chi connectivity index (χ3n) is 1.39. The third-order valence-corrected chi connectivity index (χ3v) is 1.39. The van der Waals surface area contributed by atoms with Gasteiger partial charge in [0.05, 0.1) is 11.4 Å². The van der Waals surface area contributed by atoms with E-state index in [2.05, 4.69) is 10.3 Å². The van der Waals surface area contributed by atoms with E-state index in [4.69, 9.17) is 10.4 Å². The van der Waals surface area contributed by atoms with E-state index in [1.165, 1.54) is 0 Å². The first-order chi connectivity index (χ1) is 4.36. The van der Waals surface area contributed by atoms with Crippen molar-refractivity contribution >= 4 is 11.4 Å². The van der Waals surface area contributed by atoms with Crippen molar-refractivity contribution in [1.82, 2.24) is 0 Å². The maximum absolute atomic E-state index is 8.23. The van der Waals surface area contributed by atoms with Crippen molar-refractivity contribution in [2.24, 2.45) is 10.3 Å². The molecule has 4 heteroatoms. The first-order valence-electron chi connectivity index (χ1n) is 2.76. The number of oxime groups is 2. The highest BCUT2D eigenvalue weighted by atomic mass is 16.4. The van der Waals surface area contributed by atoms with Crippen LogP contribution < -0.4 is 0 Å². The molecule has 1 aliphatic rings. The van der Waals surface area contributed by atoms with Crippen LogP contribution in [0, 0.1) is 0 Å². The Morgan fingerprint density at radius 2 is 1.44 bits per heavy atom. The second-order valence-electron chi connectivity index (χ2n) is 2.01. The lowest BCUT2D eigenvalue weighted by molar-refractivity contribution is 0.316. The largest absolute Gasteiger partial charge is 0.411 e. The molecule has 0 amide bonds. The minimum Gasteiger partial charge on any atom is -0.411 e. The number of hydrogen-bond acceptors (Lipinski definition) is 4. The second-order valence-corrected chi connectivity index (χ2v) is 2.01. The zero-order valence-corrected chi connectivity index (χ0v) is 4.91. The molecule has 4 nitrogen and oxygen atoms in total. The summed E-state index contributed by atoms with van der Waals surface area (Å²) < 4.78 is 0. The maximum Gasteiger partial charge on any atom is 0.0631 e. The van der Waals surface area contributed by atoms with E-state index >= 15 is 0 Å². The average molecular weight is 128 g/mol. The van der Waals surface area contributed by atoms with Gasteiger partial charge in [-0.05, 0) is 12.8 Å². The normalized spacial score (nSPS) is 28.0. The molecular weight excluding hydrogens is 120 g/mol. The van der Waals surface area contributed by atoms with E-state index in [0.717, 1.165) is 12.8 Å². The highest BCUT2D eigenvalue weighted by molar-refractivity contribution is 6.10. The van der Waals surface area contributed by atoms with E-state index in [1.807, 2.05) is 0 Å². The van der Waals surface area contributed by atoms with Crippen LogP contribution in [0.25, 0.3) is 0 Å². The van der Waals surface area contributed by atoms with E-state index < -0.39 is 0 Å². The van der Waals surface area contributed by atoms with Gasteiger partial charge in [-0.1, -0.05) is 10.3 Å². The van der Waals surface area contributed by atoms with Crippen molar-refractivity contribution in [3.05, 3.63) is 0 Å². The smallest absolute Gasteiger partial charge is 0.0631 e. The van der Waals surface area contributed by atoms with Gasteiger partial charge in [0.2, 0.25) is 0 Å². The Balaban J connectivity index is 2.57. The highest BCUT2D eigenvalue weighted by Crippen LogP contribution is 2.11.